The highest BCUT2D eigenvalue weighted by Gasteiger charge is 2.17. The summed E-state index contributed by atoms with van der Waals surface area (Å²) >= 11 is 5.43. The van der Waals surface area contributed by atoms with Gasteiger partial charge in [0, 0.05) is 0 Å². The Kier molecular flexibility index (Phi) is 2.59. The predicted octanol–water partition coefficient (Wildman–Crippen LogP) is 2.06. The van der Waals surface area contributed by atoms with Crippen molar-refractivity contribution in [2.75, 3.05) is 7.11 Å². The second kappa shape index (κ2) is 3.50. The van der Waals surface area contributed by atoms with Crippen LogP contribution in [0.25, 0.3) is 0 Å². The topological polar surface area (TPSA) is 53.2 Å². The Morgan fingerprint density at radius 2 is 2.31 bits per heavy atom. The predicted molar refractivity (Wildman–Crippen MR) is 44.3 cm³/mol. The summed E-state index contributed by atoms with van der Waals surface area (Å²) < 4.78 is 17.7. The Bertz CT molecular complexity index is 387. The number of nitriles is 1. The highest BCUT2D eigenvalue weighted by atomic mass is 35.5. The second-order valence-electron chi connectivity index (χ2n) is 2.21. The number of benzene rings is 1. The van der Waals surface area contributed by atoms with Gasteiger partial charge in [-0.25, -0.2) is 0 Å². The van der Waals surface area contributed by atoms with Crippen LogP contribution in [0.1, 0.15) is 5.56 Å². The molecule has 0 fully saturated rings. The molecule has 3 nitrogen and oxygen atoms in total. The Morgan fingerprint density at radius 3 is 2.77 bits per heavy atom. The van der Waals surface area contributed by atoms with Gasteiger partial charge in [0.05, 0.1) is 17.7 Å². The molecule has 1 aromatic rings. The lowest BCUT2D eigenvalue weighted by atomic mass is 10.2. The SMILES string of the molecule is COc1c(C#N)cc(Cl)c(O)c1F. The molecule has 0 amide bonds. The van der Waals surface area contributed by atoms with Gasteiger partial charge in [-0.1, -0.05) is 11.6 Å². The summed E-state index contributed by atoms with van der Waals surface area (Å²) in [6.45, 7) is 0. The molecule has 0 aliphatic carbocycles. The number of nitrogens with zero attached hydrogens (tertiary/aromatic N) is 1. The molecule has 0 aromatic heterocycles. The average molecular weight is 202 g/mol. The van der Waals surface area contributed by atoms with Crippen molar-refractivity contribution in [3.05, 3.63) is 22.5 Å². The molecule has 0 unspecified atom stereocenters. The maximum Gasteiger partial charge on any atom is 0.209 e. The monoisotopic (exact) mass is 201 g/mol. The van der Waals surface area contributed by atoms with Crippen LogP contribution in [0, 0.1) is 17.1 Å². The maximum absolute atomic E-state index is 13.1. The van der Waals surface area contributed by atoms with E-state index < -0.39 is 11.6 Å². The average Bonchev–Trinajstić information content (AvgIpc) is 2.13. The zero-order valence-corrected chi connectivity index (χ0v) is 7.39. The van der Waals surface area contributed by atoms with Gasteiger partial charge in [0.15, 0.2) is 11.5 Å². The van der Waals surface area contributed by atoms with Crippen LogP contribution in [-0.4, -0.2) is 12.2 Å². The fourth-order valence-electron chi connectivity index (χ4n) is 0.874. The number of ether oxygens (including phenoxy) is 1. The van der Waals surface area contributed by atoms with Crippen LogP contribution in [0.3, 0.4) is 0 Å². The second-order valence-corrected chi connectivity index (χ2v) is 2.62. The Hall–Kier alpha value is -1.47. The van der Waals surface area contributed by atoms with Crippen molar-refractivity contribution in [1.29, 1.82) is 5.26 Å². The smallest absolute Gasteiger partial charge is 0.209 e. The highest BCUT2D eigenvalue weighted by molar-refractivity contribution is 6.32. The minimum atomic E-state index is -1.02. The molecule has 1 aromatic carbocycles. The number of aromatic hydroxyl groups is 1. The summed E-state index contributed by atoms with van der Waals surface area (Å²) in [5, 5.41) is 17.4. The number of hydrogen-bond donors (Lipinski definition) is 1. The third-order valence-electron chi connectivity index (χ3n) is 1.47. The number of halogens is 2. The molecule has 0 saturated heterocycles. The minimum absolute atomic E-state index is 0.0530. The first-order chi connectivity index (χ1) is 6.11. The van der Waals surface area contributed by atoms with E-state index in [1.165, 1.54) is 7.11 Å². The van der Waals surface area contributed by atoms with Crippen LogP contribution in [0.15, 0.2) is 6.07 Å². The normalized spacial score (nSPS) is 9.38. The molecule has 13 heavy (non-hydrogen) atoms. The number of hydrogen-bond acceptors (Lipinski definition) is 3. The van der Waals surface area contributed by atoms with Gasteiger partial charge in [-0.05, 0) is 6.07 Å². The summed E-state index contributed by atoms with van der Waals surface area (Å²) in [6, 6.07) is 2.83. The summed E-state index contributed by atoms with van der Waals surface area (Å²) in [5.74, 6) is -2.03. The molecule has 1 N–H and O–H groups in total. The molecule has 68 valence electrons. The van der Waals surface area contributed by atoms with Gasteiger partial charge in [-0.15, -0.1) is 0 Å². The molecule has 0 aliphatic heterocycles. The van der Waals surface area contributed by atoms with E-state index in [9.17, 15) is 4.39 Å². The summed E-state index contributed by atoms with van der Waals surface area (Å²) in [5.41, 5.74) is -0.0530. The van der Waals surface area contributed by atoms with Crippen molar-refractivity contribution < 1.29 is 14.2 Å². The van der Waals surface area contributed by atoms with Gasteiger partial charge < -0.3 is 9.84 Å². The van der Waals surface area contributed by atoms with Crippen LogP contribution in [-0.2, 0) is 0 Å². The Morgan fingerprint density at radius 1 is 1.69 bits per heavy atom. The van der Waals surface area contributed by atoms with E-state index in [1.807, 2.05) is 0 Å². The van der Waals surface area contributed by atoms with Crippen molar-refractivity contribution >= 4 is 11.6 Å². The fraction of sp³-hybridized carbons (Fsp3) is 0.125. The lowest BCUT2D eigenvalue weighted by Crippen LogP contribution is -1.93. The quantitative estimate of drug-likeness (QED) is 0.757. The molecule has 0 heterocycles. The number of phenolic OH excluding ortho intramolecular Hbond substituents is 1. The summed E-state index contributed by atoms with van der Waals surface area (Å²) in [7, 11) is 1.20. The molecule has 0 aliphatic rings. The first-order valence-electron chi connectivity index (χ1n) is 3.26. The fourth-order valence-corrected chi connectivity index (χ4v) is 1.07. The van der Waals surface area contributed by atoms with Crippen LogP contribution >= 0.6 is 11.6 Å². The van der Waals surface area contributed by atoms with Crippen molar-refractivity contribution in [3.63, 3.8) is 0 Å². The molecular formula is C8H5ClFNO2. The third kappa shape index (κ3) is 1.51. The Balaban J connectivity index is 3.50. The van der Waals surface area contributed by atoms with E-state index in [4.69, 9.17) is 22.0 Å². The van der Waals surface area contributed by atoms with Crippen LogP contribution < -0.4 is 4.74 Å². The lowest BCUT2D eigenvalue weighted by Gasteiger charge is -2.06. The molecule has 0 spiro atoms. The van der Waals surface area contributed by atoms with Gasteiger partial charge in [0.1, 0.15) is 6.07 Å². The molecular weight excluding hydrogens is 197 g/mol. The molecule has 0 saturated carbocycles. The van der Waals surface area contributed by atoms with Crippen LogP contribution in [0.5, 0.6) is 11.5 Å². The van der Waals surface area contributed by atoms with Crippen molar-refractivity contribution in [1.82, 2.24) is 0 Å². The summed E-state index contributed by atoms with van der Waals surface area (Å²) in [6.07, 6.45) is 0. The molecule has 0 bridgehead atoms. The first kappa shape index (κ1) is 9.62. The van der Waals surface area contributed by atoms with Crippen molar-refractivity contribution in [2.45, 2.75) is 0 Å². The van der Waals surface area contributed by atoms with Crippen LogP contribution in [0.2, 0.25) is 5.02 Å². The van der Waals surface area contributed by atoms with E-state index in [1.54, 1.807) is 6.07 Å². The molecule has 5 heteroatoms. The van der Waals surface area contributed by atoms with E-state index in [0.29, 0.717) is 0 Å². The Labute approximate surface area is 78.9 Å². The van der Waals surface area contributed by atoms with Gasteiger partial charge in [0.2, 0.25) is 5.82 Å². The van der Waals surface area contributed by atoms with Crippen molar-refractivity contribution in [2.24, 2.45) is 0 Å². The lowest BCUT2D eigenvalue weighted by molar-refractivity contribution is 0.363. The summed E-state index contributed by atoms with van der Waals surface area (Å²) in [4.78, 5) is 0. The minimum Gasteiger partial charge on any atom is -0.504 e. The van der Waals surface area contributed by atoms with E-state index in [-0.39, 0.29) is 16.3 Å². The number of rotatable bonds is 1. The van der Waals surface area contributed by atoms with Gasteiger partial charge >= 0.3 is 0 Å². The maximum atomic E-state index is 13.1. The molecule has 0 radical (unpaired) electrons. The third-order valence-corrected chi connectivity index (χ3v) is 1.76. The molecule has 0 atom stereocenters. The number of phenols is 1. The van der Waals surface area contributed by atoms with Gasteiger partial charge in [-0.3, -0.25) is 0 Å². The first-order valence-corrected chi connectivity index (χ1v) is 3.64. The largest absolute Gasteiger partial charge is 0.504 e. The van der Waals surface area contributed by atoms with Crippen molar-refractivity contribution in [3.8, 4) is 17.6 Å². The standard InChI is InChI=1S/C8H5ClFNO2/c1-13-8-4(3-11)2-5(9)7(12)6(8)10/h2,12H,1H3. The number of methoxy groups -OCH3 is 1. The van der Waals surface area contributed by atoms with Gasteiger partial charge in [-0.2, -0.15) is 9.65 Å². The van der Waals surface area contributed by atoms with E-state index >= 15 is 0 Å². The zero-order valence-electron chi connectivity index (χ0n) is 6.64. The van der Waals surface area contributed by atoms with E-state index in [0.717, 1.165) is 6.07 Å². The van der Waals surface area contributed by atoms with Crippen LogP contribution in [0.4, 0.5) is 4.39 Å². The zero-order chi connectivity index (χ0) is 10.0. The van der Waals surface area contributed by atoms with E-state index in [2.05, 4.69) is 4.74 Å². The molecule has 1 rings (SSSR count). The van der Waals surface area contributed by atoms with Gasteiger partial charge in [0.25, 0.3) is 0 Å². The highest BCUT2D eigenvalue weighted by Crippen LogP contribution is 2.35.